The molecule has 0 aromatic heterocycles. The zero-order chi connectivity index (χ0) is 7.98. The highest BCUT2D eigenvalue weighted by Crippen LogP contribution is 1.97. The van der Waals surface area contributed by atoms with E-state index < -0.39 is 0 Å². The van der Waals surface area contributed by atoms with Crippen molar-refractivity contribution in [1.82, 2.24) is 0 Å². The summed E-state index contributed by atoms with van der Waals surface area (Å²) in [5, 5.41) is 0. The van der Waals surface area contributed by atoms with Gasteiger partial charge in [-0.1, -0.05) is 0 Å². The summed E-state index contributed by atoms with van der Waals surface area (Å²) in [5.74, 6) is 0.414. The van der Waals surface area contributed by atoms with E-state index in [9.17, 15) is 9.59 Å². The van der Waals surface area contributed by atoms with Gasteiger partial charge in [0, 0.05) is 12.3 Å². The fraction of sp³-hybridized carbons (Fsp3) is 0.714. The van der Waals surface area contributed by atoms with Crippen molar-refractivity contribution in [1.29, 1.82) is 0 Å². The molecule has 0 aromatic carbocycles. The highest BCUT2D eigenvalue weighted by atomic mass is 35.5. The lowest BCUT2D eigenvalue weighted by molar-refractivity contribution is -0.125. The predicted molar refractivity (Wildman–Crippen MR) is 40.3 cm³/mol. The van der Waals surface area contributed by atoms with E-state index in [2.05, 4.69) is 0 Å². The van der Waals surface area contributed by atoms with Crippen molar-refractivity contribution in [3.8, 4) is 0 Å². The van der Waals surface area contributed by atoms with Gasteiger partial charge in [0.2, 0.25) is 0 Å². The molecule has 2 nitrogen and oxygen atoms in total. The maximum absolute atomic E-state index is 10.7. The van der Waals surface area contributed by atoms with Gasteiger partial charge in [-0.15, -0.1) is 11.6 Å². The van der Waals surface area contributed by atoms with E-state index in [0.29, 0.717) is 18.7 Å². The predicted octanol–water partition coefficient (Wildman–Crippen LogP) is 1.55. The molecule has 0 saturated heterocycles. The molecule has 0 aromatic rings. The summed E-state index contributed by atoms with van der Waals surface area (Å²) >= 11 is 5.35. The minimum absolute atomic E-state index is 0.00634. The van der Waals surface area contributed by atoms with Crippen LogP contribution in [-0.4, -0.2) is 17.4 Å². The van der Waals surface area contributed by atoms with Gasteiger partial charge in [0.15, 0.2) is 0 Å². The van der Waals surface area contributed by atoms with Crippen LogP contribution >= 0.6 is 11.6 Å². The molecule has 3 heteroatoms. The average molecular weight is 163 g/mol. The van der Waals surface area contributed by atoms with Gasteiger partial charge >= 0.3 is 0 Å². The SMILES string of the molecule is CC(=O)CC(=O)CCCCl. The minimum Gasteiger partial charge on any atom is -0.300 e. The standard InChI is InChI=1S/C7H11ClO2/c1-6(9)5-7(10)3-2-4-8/h2-5H2,1H3. The molecule has 0 atom stereocenters. The molecule has 0 heterocycles. The Kier molecular flexibility index (Phi) is 5.22. The van der Waals surface area contributed by atoms with Crippen LogP contribution in [0.3, 0.4) is 0 Å². The number of carbonyl (C=O) groups excluding carboxylic acids is 2. The maximum atomic E-state index is 10.7. The van der Waals surface area contributed by atoms with Gasteiger partial charge in [0.1, 0.15) is 11.6 Å². The fourth-order valence-electron chi connectivity index (χ4n) is 0.630. The van der Waals surface area contributed by atoms with Crippen molar-refractivity contribution >= 4 is 23.2 Å². The maximum Gasteiger partial charge on any atom is 0.140 e. The lowest BCUT2D eigenvalue weighted by Crippen LogP contribution is -2.03. The van der Waals surface area contributed by atoms with Gasteiger partial charge < -0.3 is 0 Å². The van der Waals surface area contributed by atoms with Gasteiger partial charge in [-0.3, -0.25) is 9.59 Å². The van der Waals surface area contributed by atoms with Crippen LogP contribution in [-0.2, 0) is 9.59 Å². The van der Waals surface area contributed by atoms with E-state index in [-0.39, 0.29) is 18.0 Å². The summed E-state index contributed by atoms with van der Waals surface area (Å²) in [6, 6.07) is 0. The first-order valence-corrected chi connectivity index (χ1v) is 3.77. The number of hydrogen-bond donors (Lipinski definition) is 0. The number of ketones is 2. The topological polar surface area (TPSA) is 34.1 Å². The minimum atomic E-state index is -0.0698. The van der Waals surface area contributed by atoms with Crippen LogP contribution in [0.25, 0.3) is 0 Å². The van der Waals surface area contributed by atoms with Gasteiger partial charge in [-0.25, -0.2) is 0 Å². The van der Waals surface area contributed by atoms with Gasteiger partial charge in [0.25, 0.3) is 0 Å². The second-order valence-corrected chi connectivity index (χ2v) is 2.59. The molecule has 0 aliphatic rings. The van der Waals surface area contributed by atoms with Gasteiger partial charge in [-0.2, -0.15) is 0 Å². The van der Waals surface area contributed by atoms with E-state index in [1.165, 1.54) is 6.92 Å². The van der Waals surface area contributed by atoms with Gasteiger partial charge in [-0.05, 0) is 13.3 Å². The van der Waals surface area contributed by atoms with Crippen molar-refractivity contribution in [2.45, 2.75) is 26.2 Å². The summed E-state index contributed by atoms with van der Waals surface area (Å²) in [5.41, 5.74) is 0. The molecule has 0 aliphatic carbocycles. The van der Waals surface area contributed by atoms with Crippen LogP contribution in [0, 0.1) is 0 Å². The van der Waals surface area contributed by atoms with Crippen LogP contribution in [0.1, 0.15) is 26.2 Å². The first-order valence-electron chi connectivity index (χ1n) is 3.24. The summed E-state index contributed by atoms with van der Waals surface area (Å²) in [6.45, 7) is 1.42. The van der Waals surface area contributed by atoms with E-state index in [0.717, 1.165) is 0 Å². The Hall–Kier alpha value is -0.370. The number of Topliss-reactive ketones (excluding diaryl/α,β-unsaturated/α-hetero) is 2. The summed E-state index contributed by atoms with van der Waals surface area (Å²) in [4.78, 5) is 21.1. The third kappa shape index (κ3) is 5.76. The molecule has 0 bridgehead atoms. The average Bonchev–Trinajstić information content (AvgIpc) is 1.82. The smallest absolute Gasteiger partial charge is 0.140 e. The highest BCUT2D eigenvalue weighted by Gasteiger charge is 2.03. The zero-order valence-corrected chi connectivity index (χ0v) is 6.78. The van der Waals surface area contributed by atoms with Crippen LogP contribution in [0.4, 0.5) is 0 Å². The third-order valence-corrected chi connectivity index (χ3v) is 1.30. The summed E-state index contributed by atoms with van der Waals surface area (Å²) < 4.78 is 0. The normalized spacial score (nSPS) is 9.40. The van der Waals surface area contributed by atoms with Crippen molar-refractivity contribution in [3.63, 3.8) is 0 Å². The molecule has 0 unspecified atom stereocenters. The lowest BCUT2D eigenvalue weighted by Gasteiger charge is -1.93. The fourth-order valence-corrected chi connectivity index (χ4v) is 0.764. The molecule has 0 fully saturated rings. The number of rotatable bonds is 5. The molecule has 0 saturated carbocycles. The summed E-state index contributed by atoms with van der Waals surface area (Å²) in [7, 11) is 0. The Labute approximate surface area is 65.6 Å². The molecular weight excluding hydrogens is 152 g/mol. The van der Waals surface area contributed by atoms with E-state index >= 15 is 0 Å². The van der Waals surface area contributed by atoms with Crippen molar-refractivity contribution < 1.29 is 9.59 Å². The van der Waals surface area contributed by atoms with Crippen LogP contribution in [0.2, 0.25) is 0 Å². The second-order valence-electron chi connectivity index (χ2n) is 2.21. The Morgan fingerprint density at radius 2 is 2.00 bits per heavy atom. The Morgan fingerprint density at radius 1 is 1.40 bits per heavy atom. The molecule has 0 N–H and O–H groups in total. The first-order chi connectivity index (χ1) is 4.66. The Balaban J connectivity index is 3.35. The molecule has 0 spiro atoms. The second kappa shape index (κ2) is 5.42. The molecule has 10 heavy (non-hydrogen) atoms. The van der Waals surface area contributed by atoms with Crippen molar-refractivity contribution in [2.24, 2.45) is 0 Å². The third-order valence-electron chi connectivity index (χ3n) is 1.04. The molecule has 0 amide bonds. The van der Waals surface area contributed by atoms with Crippen molar-refractivity contribution in [2.75, 3.05) is 5.88 Å². The Bertz CT molecular complexity index is 132. The molecule has 0 rings (SSSR count). The quantitative estimate of drug-likeness (QED) is 0.454. The molecular formula is C7H11ClO2. The molecule has 0 radical (unpaired) electrons. The van der Waals surface area contributed by atoms with Crippen LogP contribution < -0.4 is 0 Å². The Morgan fingerprint density at radius 3 is 2.40 bits per heavy atom. The van der Waals surface area contributed by atoms with Crippen molar-refractivity contribution in [3.05, 3.63) is 0 Å². The monoisotopic (exact) mass is 162 g/mol. The summed E-state index contributed by atoms with van der Waals surface area (Å²) in [6.07, 6.45) is 1.17. The van der Waals surface area contributed by atoms with E-state index in [4.69, 9.17) is 11.6 Å². The number of alkyl halides is 1. The van der Waals surface area contributed by atoms with Crippen LogP contribution in [0.5, 0.6) is 0 Å². The highest BCUT2D eigenvalue weighted by molar-refractivity contribution is 6.18. The number of carbonyl (C=O) groups is 2. The lowest BCUT2D eigenvalue weighted by atomic mass is 10.1. The van der Waals surface area contributed by atoms with E-state index in [1.807, 2.05) is 0 Å². The first kappa shape index (κ1) is 9.63. The number of hydrogen-bond acceptors (Lipinski definition) is 2. The largest absolute Gasteiger partial charge is 0.300 e. The number of halogens is 1. The van der Waals surface area contributed by atoms with Gasteiger partial charge in [0.05, 0.1) is 6.42 Å². The molecule has 0 aliphatic heterocycles. The van der Waals surface area contributed by atoms with Crippen LogP contribution in [0.15, 0.2) is 0 Å². The molecule has 58 valence electrons. The zero-order valence-electron chi connectivity index (χ0n) is 6.02. The van der Waals surface area contributed by atoms with E-state index in [1.54, 1.807) is 0 Å².